The molecule has 1 saturated heterocycles. The molecule has 0 saturated carbocycles. The van der Waals surface area contributed by atoms with Gasteiger partial charge in [0, 0.05) is 13.1 Å². The van der Waals surface area contributed by atoms with Gasteiger partial charge in [-0.15, -0.1) is 0 Å². The molecule has 0 radical (unpaired) electrons. The topological polar surface area (TPSA) is 50.8 Å². The van der Waals surface area contributed by atoms with E-state index in [1.807, 2.05) is 4.90 Å². The number of carbonyl (C=O) groups is 1. The van der Waals surface area contributed by atoms with Gasteiger partial charge in [-0.3, -0.25) is 4.79 Å². The fraction of sp³-hybridized carbons (Fsp3) is 0.381. The van der Waals surface area contributed by atoms with Crippen LogP contribution in [0.25, 0.3) is 0 Å². The lowest BCUT2D eigenvalue weighted by Gasteiger charge is -2.31. The minimum Gasteiger partial charge on any atom is -0.496 e. The van der Waals surface area contributed by atoms with E-state index in [-0.39, 0.29) is 22.7 Å². The van der Waals surface area contributed by atoms with Crippen LogP contribution in [-0.2, 0) is 6.18 Å². The predicted octanol–water partition coefficient (Wildman–Crippen LogP) is 4.97. The fourth-order valence-electron chi connectivity index (χ4n) is 3.48. The number of alkyl halides is 3. The highest BCUT2D eigenvalue weighted by Gasteiger charge is 2.32. The van der Waals surface area contributed by atoms with E-state index in [0.29, 0.717) is 5.69 Å². The number of amides is 1. The molecule has 29 heavy (non-hydrogen) atoms. The average Bonchev–Trinajstić information content (AvgIpc) is 2.72. The van der Waals surface area contributed by atoms with Crippen molar-refractivity contribution in [1.82, 2.24) is 0 Å². The number of nitrogens with zero attached hydrogens (tertiary/aromatic N) is 1. The molecule has 0 unspecified atom stereocenters. The van der Waals surface area contributed by atoms with E-state index < -0.39 is 17.6 Å². The zero-order valence-corrected chi connectivity index (χ0v) is 16.3. The Bertz CT molecular complexity index is 856. The number of nitrogens with one attached hydrogen (secondary N) is 1. The quantitative estimate of drug-likeness (QED) is 0.759. The molecule has 8 heteroatoms. The summed E-state index contributed by atoms with van der Waals surface area (Å²) in [7, 11) is 2.82. The van der Waals surface area contributed by atoms with E-state index in [1.165, 1.54) is 20.3 Å². The van der Waals surface area contributed by atoms with Gasteiger partial charge in [0.05, 0.1) is 31.2 Å². The highest BCUT2D eigenvalue weighted by molar-refractivity contribution is 6.09. The molecule has 2 aromatic carbocycles. The molecule has 0 aromatic heterocycles. The number of methoxy groups -OCH3 is 2. The summed E-state index contributed by atoms with van der Waals surface area (Å²) in [5, 5.41) is 2.65. The lowest BCUT2D eigenvalue weighted by atomic mass is 10.1. The molecule has 0 aliphatic carbocycles. The lowest BCUT2D eigenvalue weighted by molar-refractivity contribution is -0.137. The van der Waals surface area contributed by atoms with Crippen molar-refractivity contribution in [2.24, 2.45) is 0 Å². The van der Waals surface area contributed by atoms with Crippen molar-refractivity contribution in [2.75, 3.05) is 37.5 Å². The highest BCUT2D eigenvalue weighted by Crippen LogP contribution is 2.37. The van der Waals surface area contributed by atoms with Gasteiger partial charge in [-0.25, -0.2) is 0 Å². The molecular formula is C21H23F3N2O3. The monoisotopic (exact) mass is 408 g/mol. The van der Waals surface area contributed by atoms with Gasteiger partial charge in [0.15, 0.2) is 0 Å². The second-order valence-corrected chi connectivity index (χ2v) is 6.77. The first-order chi connectivity index (χ1) is 13.8. The smallest absolute Gasteiger partial charge is 0.416 e. The Morgan fingerprint density at radius 2 is 1.62 bits per heavy atom. The van der Waals surface area contributed by atoms with Crippen LogP contribution in [0.15, 0.2) is 36.4 Å². The Balaban J connectivity index is 2.01. The van der Waals surface area contributed by atoms with Crippen molar-refractivity contribution in [1.29, 1.82) is 0 Å². The molecule has 1 amide bonds. The number of rotatable bonds is 5. The Kier molecular flexibility index (Phi) is 6.20. The third kappa shape index (κ3) is 4.58. The summed E-state index contributed by atoms with van der Waals surface area (Å²) in [6.07, 6.45) is -1.53. The molecular weight excluding hydrogens is 385 g/mol. The van der Waals surface area contributed by atoms with Crippen LogP contribution in [0.1, 0.15) is 35.2 Å². The summed E-state index contributed by atoms with van der Waals surface area (Å²) in [5.41, 5.74) is -0.0142. The summed E-state index contributed by atoms with van der Waals surface area (Å²) in [6, 6.07) is 8.29. The van der Waals surface area contributed by atoms with Gasteiger partial charge in [0.25, 0.3) is 5.91 Å². The maximum Gasteiger partial charge on any atom is 0.416 e. The van der Waals surface area contributed by atoms with Gasteiger partial charge in [-0.1, -0.05) is 6.07 Å². The normalized spacial score (nSPS) is 14.4. The summed E-state index contributed by atoms with van der Waals surface area (Å²) in [6.45, 7) is 1.46. The van der Waals surface area contributed by atoms with Crippen LogP contribution >= 0.6 is 0 Å². The Morgan fingerprint density at radius 1 is 1.00 bits per heavy atom. The Labute approximate surface area is 167 Å². The summed E-state index contributed by atoms with van der Waals surface area (Å²) in [5.74, 6) is -0.0569. The second kappa shape index (κ2) is 8.63. The molecule has 1 heterocycles. The van der Waals surface area contributed by atoms with Gasteiger partial charge in [0.2, 0.25) is 0 Å². The number of piperidine rings is 1. The maximum absolute atomic E-state index is 13.3. The molecule has 1 N–H and O–H groups in total. The van der Waals surface area contributed by atoms with Gasteiger partial charge in [0.1, 0.15) is 17.1 Å². The van der Waals surface area contributed by atoms with Crippen LogP contribution in [0.5, 0.6) is 11.5 Å². The Hall–Kier alpha value is -2.90. The van der Waals surface area contributed by atoms with E-state index in [2.05, 4.69) is 5.32 Å². The average molecular weight is 408 g/mol. The van der Waals surface area contributed by atoms with Gasteiger partial charge in [-0.05, 0) is 49.6 Å². The van der Waals surface area contributed by atoms with Crippen molar-refractivity contribution in [3.63, 3.8) is 0 Å². The maximum atomic E-state index is 13.3. The molecule has 0 spiro atoms. The van der Waals surface area contributed by atoms with Crippen LogP contribution in [-0.4, -0.2) is 33.2 Å². The van der Waals surface area contributed by atoms with Crippen LogP contribution in [0.2, 0.25) is 0 Å². The predicted molar refractivity (Wildman–Crippen MR) is 105 cm³/mol. The molecule has 2 aromatic rings. The zero-order chi connectivity index (χ0) is 21.0. The number of hydrogen-bond donors (Lipinski definition) is 1. The Morgan fingerprint density at radius 3 is 2.17 bits per heavy atom. The van der Waals surface area contributed by atoms with Crippen molar-refractivity contribution >= 4 is 17.3 Å². The molecule has 1 aliphatic heterocycles. The summed E-state index contributed by atoms with van der Waals surface area (Å²) < 4.78 is 50.3. The number of ether oxygens (including phenoxy) is 2. The molecule has 0 bridgehead atoms. The minimum atomic E-state index is -4.51. The van der Waals surface area contributed by atoms with Crippen LogP contribution in [0.3, 0.4) is 0 Å². The van der Waals surface area contributed by atoms with Crippen LogP contribution < -0.4 is 19.7 Å². The SMILES string of the molecule is COc1cccc(OC)c1C(=O)Nc1cc(C(F)(F)F)ccc1N1CCCCC1. The van der Waals surface area contributed by atoms with Gasteiger partial charge in [-0.2, -0.15) is 13.2 Å². The molecule has 5 nitrogen and oxygen atoms in total. The second-order valence-electron chi connectivity index (χ2n) is 6.77. The van der Waals surface area contributed by atoms with Crippen molar-refractivity contribution in [3.05, 3.63) is 47.5 Å². The standard InChI is InChI=1S/C21H23F3N2O3/c1-28-17-7-6-8-18(29-2)19(17)20(27)25-15-13-14(21(22,23)24)9-10-16(15)26-11-4-3-5-12-26/h6-10,13H,3-5,11-12H2,1-2H3,(H,25,27). The van der Waals surface area contributed by atoms with E-state index in [0.717, 1.165) is 44.5 Å². The van der Waals surface area contributed by atoms with Crippen LogP contribution in [0.4, 0.5) is 24.5 Å². The van der Waals surface area contributed by atoms with Crippen molar-refractivity contribution < 1.29 is 27.4 Å². The summed E-state index contributed by atoms with van der Waals surface area (Å²) in [4.78, 5) is 15.0. The largest absolute Gasteiger partial charge is 0.496 e. The number of hydrogen-bond acceptors (Lipinski definition) is 4. The fourth-order valence-corrected chi connectivity index (χ4v) is 3.48. The molecule has 156 valence electrons. The molecule has 1 aliphatic rings. The third-order valence-electron chi connectivity index (χ3n) is 4.92. The molecule has 1 fully saturated rings. The summed E-state index contributed by atoms with van der Waals surface area (Å²) >= 11 is 0. The first-order valence-corrected chi connectivity index (χ1v) is 9.33. The third-order valence-corrected chi connectivity index (χ3v) is 4.92. The molecule has 3 rings (SSSR count). The molecule has 0 atom stereocenters. The highest BCUT2D eigenvalue weighted by atomic mass is 19.4. The van der Waals surface area contributed by atoms with Gasteiger partial charge < -0.3 is 19.7 Å². The lowest BCUT2D eigenvalue weighted by Crippen LogP contribution is -2.30. The number of anilines is 2. The van der Waals surface area contributed by atoms with E-state index >= 15 is 0 Å². The first-order valence-electron chi connectivity index (χ1n) is 9.33. The van der Waals surface area contributed by atoms with E-state index in [1.54, 1.807) is 18.2 Å². The van der Waals surface area contributed by atoms with Crippen molar-refractivity contribution in [2.45, 2.75) is 25.4 Å². The number of halogens is 3. The van der Waals surface area contributed by atoms with Gasteiger partial charge >= 0.3 is 6.18 Å². The minimum absolute atomic E-state index is 0.111. The van der Waals surface area contributed by atoms with E-state index in [4.69, 9.17) is 9.47 Å². The number of benzene rings is 2. The number of carbonyl (C=O) groups excluding carboxylic acids is 1. The van der Waals surface area contributed by atoms with Crippen molar-refractivity contribution in [3.8, 4) is 11.5 Å². The van der Waals surface area contributed by atoms with Crippen LogP contribution in [0, 0.1) is 0 Å². The van der Waals surface area contributed by atoms with E-state index in [9.17, 15) is 18.0 Å². The first kappa shape index (κ1) is 20.8. The zero-order valence-electron chi connectivity index (χ0n) is 16.3.